The highest BCUT2D eigenvalue weighted by Crippen LogP contribution is 2.36. The van der Waals surface area contributed by atoms with Crippen molar-refractivity contribution in [1.82, 2.24) is 0 Å². The van der Waals surface area contributed by atoms with Crippen LogP contribution in [0.2, 0.25) is 0 Å². The van der Waals surface area contributed by atoms with Crippen LogP contribution in [0.15, 0.2) is 37.8 Å². The Hall–Kier alpha value is -0.980. The highest BCUT2D eigenvalue weighted by atomic mass is 79.9. The van der Waals surface area contributed by atoms with E-state index < -0.39 is 6.10 Å². The van der Waals surface area contributed by atoms with Crippen LogP contribution in [-0.2, 0) is 0 Å². The lowest BCUT2D eigenvalue weighted by Crippen LogP contribution is -2.00. The van der Waals surface area contributed by atoms with Crippen LogP contribution in [0.3, 0.4) is 0 Å². The molecule has 1 aromatic heterocycles. The molecular formula is C14H12Br2O4. The first-order chi connectivity index (χ1) is 9.65. The topological polar surface area (TPSA) is 51.8 Å². The Balaban J connectivity index is 1.92. The van der Waals surface area contributed by atoms with Gasteiger partial charge in [-0.05, 0) is 55.6 Å². The largest absolute Gasteiger partial charge is 0.490 e. The molecule has 1 unspecified atom stereocenters. The molecule has 0 fully saturated rings. The fourth-order valence-corrected chi connectivity index (χ4v) is 2.62. The van der Waals surface area contributed by atoms with Crippen molar-refractivity contribution in [3.05, 3.63) is 44.7 Å². The van der Waals surface area contributed by atoms with Crippen molar-refractivity contribution in [3.8, 4) is 11.5 Å². The molecule has 2 heterocycles. The first-order valence-corrected chi connectivity index (χ1v) is 7.76. The van der Waals surface area contributed by atoms with Crippen LogP contribution in [0.4, 0.5) is 0 Å². The van der Waals surface area contributed by atoms with E-state index in [-0.39, 0.29) is 0 Å². The van der Waals surface area contributed by atoms with E-state index in [1.54, 1.807) is 12.1 Å². The van der Waals surface area contributed by atoms with E-state index in [4.69, 9.17) is 13.9 Å². The number of hydrogen-bond donors (Lipinski definition) is 1. The summed E-state index contributed by atoms with van der Waals surface area (Å²) in [6.07, 6.45) is -0.000251. The van der Waals surface area contributed by atoms with Gasteiger partial charge in [0.1, 0.15) is 11.9 Å². The number of aliphatic hydroxyl groups is 1. The molecule has 0 amide bonds. The van der Waals surface area contributed by atoms with E-state index in [2.05, 4.69) is 31.9 Å². The Morgan fingerprint density at radius 1 is 1.05 bits per heavy atom. The first-order valence-electron chi connectivity index (χ1n) is 6.17. The van der Waals surface area contributed by atoms with E-state index in [1.807, 2.05) is 12.1 Å². The van der Waals surface area contributed by atoms with Crippen LogP contribution in [0.5, 0.6) is 11.5 Å². The quantitative estimate of drug-likeness (QED) is 0.821. The van der Waals surface area contributed by atoms with Gasteiger partial charge in [0.25, 0.3) is 0 Å². The van der Waals surface area contributed by atoms with Crippen LogP contribution >= 0.6 is 31.9 Å². The summed E-state index contributed by atoms with van der Waals surface area (Å²) in [6.45, 7) is 1.26. The number of hydrogen-bond acceptors (Lipinski definition) is 4. The van der Waals surface area contributed by atoms with E-state index in [9.17, 15) is 5.11 Å². The summed E-state index contributed by atoms with van der Waals surface area (Å²) in [7, 11) is 0. The second-order valence-corrected chi connectivity index (χ2v) is 6.00. The third-order valence-electron chi connectivity index (χ3n) is 3.02. The van der Waals surface area contributed by atoms with Crippen LogP contribution in [-0.4, -0.2) is 18.3 Å². The van der Waals surface area contributed by atoms with Crippen molar-refractivity contribution in [1.29, 1.82) is 0 Å². The van der Waals surface area contributed by atoms with Crippen molar-refractivity contribution in [3.63, 3.8) is 0 Å². The third kappa shape index (κ3) is 2.73. The van der Waals surface area contributed by atoms with Crippen LogP contribution in [0.25, 0.3) is 0 Å². The number of rotatable bonds is 2. The lowest BCUT2D eigenvalue weighted by atomic mass is 10.1. The smallest absolute Gasteiger partial charge is 0.183 e. The molecule has 4 nitrogen and oxygen atoms in total. The molecule has 1 atom stereocenters. The minimum atomic E-state index is -0.852. The van der Waals surface area contributed by atoms with Gasteiger partial charge >= 0.3 is 0 Å². The number of ether oxygens (including phenoxy) is 2. The van der Waals surface area contributed by atoms with Crippen LogP contribution < -0.4 is 9.47 Å². The molecular weight excluding hydrogens is 392 g/mol. The lowest BCUT2D eigenvalue weighted by molar-refractivity contribution is 0.187. The summed E-state index contributed by atoms with van der Waals surface area (Å²) in [4.78, 5) is 0. The monoisotopic (exact) mass is 402 g/mol. The molecule has 1 aliphatic rings. The highest BCUT2D eigenvalue weighted by molar-refractivity contribution is 9.13. The van der Waals surface area contributed by atoms with Crippen molar-refractivity contribution >= 4 is 31.9 Å². The molecule has 1 aromatic carbocycles. The maximum Gasteiger partial charge on any atom is 0.183 e. The molecule has 1 N–H and O–H groups in total. The number of halogens is 2. The molecule has 6 heteroatoms. The molecule has 1 aliphatic heterocycles. The third-order valence-corrected chi connectivity index (χ3v) is 4.73. The summed E-state index contributed by atoms with van der Waals surface area (Å²) in [5.41, 5.74) is 0.697. The van der Waals surface area contributed by atoms with E-state index in [0.29, 0.717) is 40.7 Å². The van der Waals surface area contributed by atoms with Gasteiger partial charge in [-0.1, -0.05) is 6.07 Å². The van der Waals surface area contributed by atoms with Gasteiger partial charge in [0.05, 0.1) is 17.7 Å². The van der Waals surface area contributed by atoms with Gasteiger partial charge in [-0.25, -0.2) is 0 Å². The molecule has 0 spiro atoms. The van der Waals surface area contributed by atoms with Gasteiger partial charge in [0.15, 0.2) is 16.2 Å². The van der Waals surface area contributed by atoms with Gasteiger partial charge in [-0.2, -0.15) is 0 Å². The summed E-state index contributed by atoms with van der Waals surface area (Å²) in [5.74, 6) is 1.82. The summed E-state index contributed by atoms with van der Waals surface area (Å²) in [6, 6.07) is 7.14. The zero-order chi connectivity index (χ0) is 14.1. The molecule has 106 valence electrons. The Morgan fingerprint density at radius 2 is 1.80 bits per heavy atom. The normalized spacial score (nSPS) is 15.8. The maximum absolute atomic E-state index is 10.4. The molecule has 0 saturated heterocycles. The van der Waals surface area contributed by atoms with Gasteiger partial charge < -0.3 is 19.0 Å². The second-order valence-electron chi connectivity index (χ2n) is 4.43. The van der Waals surface area contributed by atoms with Crippen molar-refractivity contribution in [2.45, 2.75) is 12.5 Å². The SMILES string of the molecule is OC(c1ccc2c(c1)OCCCO2)c1cc(Br)c(Br)o1. The van der Waals surface area contributed by atoms with E-state index in [1.165, 1.54) is 0 Å². The predicted molar refractivity (Wildman–Crippen MR) is 80.2 cm³/mol. The van der Waals surface area contributed by atoms with Crippen molar-refractivity contribution in [2.75, 3.05) is 13.2 Å². The number of fused-ring (bicyclic) bond motifs is 1. The van der Waals surface area contributed by atoms with Crippen LogP contribution in [0.1, 0.15) is 23.8 Å². The molecule has 0 saturated carbocycles. The van der Waals surface area contributed by atoms with E-state index >= 15 is 0 Å². The Kier molecular flexibility index (Phi) is 4.05. The van der Waals surface area contributed by atoms with Gasteiger partial charge in [0, 0.05) is 6.42 Å². The Morgan fingerprint density at radius 3 is 2.50 bits per heavy atom. The fraction of sp³-hybridized carbons (Fsp3) is 0.286. The minimum Gasteiger partial charge on any atom is -0.490 e. The molecule has 0 radical (unpaired) electrons. The first kappa shape index (κ1) is 14.0. The summed E-state index contributed by atoms with van der Waals surface area (Å²) in [5, 5.41) is 10.4. The van der Waals surface area contributed by atoms with Gasteiger partial charge in [-0.15, -0.1) is 0 Å². The number of furan rings is 1. The fourth-order valence-electron chi connectivity index (χ4n) is 2.01. The average Bonchev–Trinajstić information content (AvgIpc) is 2.67. The molecule has 20 heavy (non-hydrogen) atoms. The standard InChI is InChI=1S/C14H12Br2O4/c15-9-7-12(20-14(9)16)13(17)8-2-3-10-11(6-8)19-5-1-4-18-10/h2-3,6-7,13,17H,1,4-5H2. The lowest BCUT2D eigenvalue weighted by Gasteiger charge is -2.12. The van der Waals surface area contributed by atoms with Gasteiger partial charge in [-0.3, -0.25) is 0 Å². The van der Waals surface area contributed by atoms with Crippen molar-refractivity contribution in [2.24, 2.45) is 0 Å². The number of benzene rings is 1. The number of aliphatic hydroxyl groups excluding tert-OH is 1. The van der Waals surface area contributed by atoms with E-state index in [0.717, 1.165) is 10.9 Å². The Bertz CT molecular complexity index is 604. The molecule has 0 aliphatic carbocycles. The highest BCUT2D eigenvalue weighted by Gasteiger charge is 2.19. The predicted octanol–water partition coefficient (Wildman–Crippen LogP) is 4.05. The zero-order valence-corrected chi connectivity index (χ0v) is 13.6. The maximum atomic E-state index is 10.4. The van der Waals surface area contributed by atoms with Crippen LogP contribution in [0, 0.1) is 0 Å². The minimum absolute atomic E-state index is 0.457. The molecule has 2 aromatic rings. The zero-order valence-electron chi connectivity index (χ0n) is 10.4. The molecule has 3 rings (SSSR count). The summed E-state index contributed by atoms with van der Waals surface area (Å²) >= 11 is 6.59. The average molecular weight is 404 g/mol. The Labute approximate surface area is 132 Å². The summed E-state index contributed by atoms with van der Waals surface area (Å²) < 4.78 is 18.0. The van der Waals surface area contributed by atoms with Gasteiger partial charge in [0.2, 0.25) is 0 Å². The second kappa shape index (κ2) is 5.79. The molecule has 0 bridgehead atoms. The van der Waals surface area contributed by atoms with Crippen molar-refractivity contribution < 1.29 is 19.0 Å².